The molecule has 6 atom stereocenters. The number of carbonyl (C=O) groups excluding carboxylic acids is 3. The number of hydrogen-bond acceptors (Lipinski definition) is 6. The second kappa shape index (κ2) is 9.11. The van der Waals surface area contributed by atoms with Gasteiger partial charge in [0.15, 0.2) is 6.29 Å². The normalized spacial score (nSPS) is 37.2. The molecule has 0 aromatic rings. The van der Waals surface area contributed by atoms with Gasteiger partial charge in [-0.2, -0.15) is 0 Å². The highest BCUT2D eigenvalue weighted by Gasteiger charge is 2.62. The number of hydrogen-bond donors (Lipinski definition) is 1. The molecule has 2 fully saturated rings. The average Bonchev–Trinajstić information content (AvgIpc) is 3.20. The van der Waals surface area contributed by atoms with Gasteiger partial charge >= 0.3 is 0 Å². The maximum absolute atomic E-state index is 13.2. The summed E-state index contributed by atoms with van der Waals surface area (Å²) in [6.07, 6.45) is -2.85. The highest BCUT2D eigenvalue weighted by Crippen LogP contribution is 2.56. The van der Waals surface area contributed by atoms with Gasteiger partial charge in [0.05, 0.1) is 25.1 Å². The Morgan fingerprint density at radius 1 is 1.44 bits per heavy atom. The van der Waals surface area contributed by atoms with Gasteiger partial charge in [-0.15, -0.1) is 11.8 Å². The number of amides is 2. The number of rotatable bonds is 9. The molecule has 2 amide bonds. The molecule has 0 aliphatic carbocycles. The van der Waals surface area contributed by atoms with Crippen LogP contribution in [-0.4, -0.2) is 78.1 Å². The van der Waals surface area contributed by atoms with Crippen LogP contribution >= 0.6 is 11.8 Å². The molecule has 0 radical (unpaired) electrons. The van der Waals surface area contributed by atoms with E-state index in [9.17, 15) is 14.4 Å². The van der Waals surface area contributed by atoms with Gasteiger partial charge in [0.1, 0.15) is 5.54 Å². The van der Waals surface area contributed by atoms with Crippen LogP contribution in [0.4, 0.5) is 0 Å². The van der Waals surface area contributed by atoms with Crippen LogP contribution in [0.15, 0.2) is 10.6 Å². The number of allylic oxidation sites excluding steroid dienone is 1. The minimum Gasteiger partial charge on any atom is -0.381 e. The predicted molar refractivity (Wildman–Crippen MR) is 127 cm³/mol. The van der Waals surface area contributed by atoms with Crippen LogP contribution in [0.3, 0.4) is 0 Å². The van der Waals surface area contributed by atoms with E-state index in [2.05, 4.69) is 19.2 Å². The number of carbonyl (C=O) groups is 3. The van der Waals surface area contributed by atoms with E-state index in [1.54, 1.807) is 11.9 Å². The third-order valence-corrected chi connectivity index (χ3v) is 9.76. The summed E-state index contributed by atoms with van der Waals surface area (Å²) in [5.74, 6) is -1.69. The Morgan fingerprint density at radius 3 is 2.59 bits per heavy atom. The Morgan fingerprint density at radius 2 is 2.09 bits per heavy atom. The molecule has 0 unspecified atom stereocenters. The van der Waals surface area contributed by atoms with Gasteiger partial charge in [0.25, 0.3) is 0 Å². The topological polar surface area (TPSA) is 79.0 Å². The Kier molecular flexibility index (Phi) is 6.02. The fourth-order valence-electron chi connectivity index (χ4n) is 5.33. The fraction of sp³-hybridized carbons (Fsp3) is 0.792. The number of aldehydes is 1. The summed E-state index contributed by atoms with van der Waals surface area (Å²) < 4.78 is 30.4. The number of nitrogens with zero attached hydrogens (tertiary/aromatic N) is 2. The SMILES string of the molecule is [2H]C([2H])(C)[C@@]([2H])(OC)[C@H]1C(=O)N2C(C=O)=C(S[C@@H]3CN[C@](C)(C(=O)N(C)CC)C3(C)C)[C@H](CC)[C@H]12. The zero-order valence-electron chi connectivity index (χ0n) is 23.4. The number of ether oxygens (including phenoxy) is 1. The summed E-state index contributed by atoms with van der Waals surface area (Å²) in [5.41, 5.74) is -0.964. The number of fused-ring (bicyclic) bond motifs is 1. The number of nitrogens with one attached hydrogen (secondary N) is 1. The lowest BCUT2D eigenvalue weighted by molar-refractivity contribution is -0.163. The first kappa shape index (κ1) is 21.2. The van der Waals surface area contributed by atoms with Crippen LogP contribution in [0.2, 0.25) is 0 Å². The molecule has 0 aromatic heterocycles. The van der Waals surface area contributed by atoms with E-state index in [0.29, 0.717) is 31.5 Å². The monoisotopic (exact) mass is 468 g/mol. The third kappa shape index (κ3) is 3.44. The average molecular weight is 469 g/mol. The van der Waals surface area contributed by atoms with Crippen molar-refractivity contribution in [3.8, 4) is 0 Å². The van der Waals surface area contributed by atoms with Crippen LogP contribution in [0, 0.1) is 17.3 Å². The molecular formula is C24H39N3O4S. The van der Waals surface area contributed by atoms with Gasteiger partial charge in [-0.05, 0) is 26.6 Å². The van der Waals surface area contributed by atoms with E-state index in [1.165, 1.54) is 30.7 Å². The number of likely N-dealkylation sites (N-methyl/N-ethyl adjacent to an activating group) is 1. The molecule has 32 heavy (non-hydrogen) atoms. The number of β-lactam (4-membered cyclic amide) rings is 1. The molecular weight excluding hydrogens is 426 g/mol. The molecule has 0 saturated carbocycles. The first-order valence-electron chi connectivity index (χ1n) is 12.8. The summed E-state index contributed by atoms with van der Waals surface area (Å²) in [7, 11) is 3.04. The summed E-state index contributed by atoms with van der Waals surface area (Å²) in [5, 5.41) is 3.39. The van der Waals surface area contributed by atoms with Gasteiger partial charge in [-0.3, -0.25) is 14.4 Å². The van der Waals surface area contributed by atoms with E-state index in [1.807, 2.05) is 20.8 Å². The van der Waals surface area contributed by atoms with Crippen LogP contribution in [-0.2, 0) is 19.1 Å². The zero-order chi connectivity index (χ0) is 26.7. The fourth-order valence-corrected chi connectivity index (χ4v) is 7.08. The molecule has 3 heterocycles. The van der Waals surface area contributed by atoms with Gasteiger partial charge in [0.2, 0.25) is 11.8 Å². The lowest BCUT2D eigenvalue weighted by Gasteiger charge is -2.48. The van der Waals surface area contributed by atoms with Crippen molar-refractivity contribution >= 4 is 29.9 Å². The largest absolute Gasteiger partial charge is 0.381 e. The molecule has 3 aliphatic heterocycles. The summed E-state index contributed by atoms with van der Waals surface area (Å²) in [4.78, 5) is 42.6. The maximum Gasteiger partial charge on any atom is 0.242 e. The number of thioether (sulfide) groups is 1. The van der Waals surface area contributed by atoms with E-state index in [0.717, 1.165) is 4.91 Å². The smallest absolute Gasteiger partial charge is 0.242 e. The van der Waals surface area contributed by atoms with Crippen molar-refractivity contribution in [3.63, 3.8) is 0 Å². The second-order valence-electron chi connectivity index (χ2n) is 9.53. The van der Waals surface area contributed by atoms with E-state index < -0.39 is 41.3 Å². The zero-order valence-corrected chi connectivity index (χ0v) is 21.3. The second-order valence-corrected chi connectivity index (χ2v) is 10.8. The van der Waals surface area contributed by atoms with Crippen molar-refractivity contribution in [1.82, 2.24) is 15.1 Å². The lowest BCUT2D eigenvalue weighted by atomic mass is 9.73. The van der Waals surface area contributed by atoms with Crippen LogP contribution < -0.4 is 5.32 Å². The van der Waals surface area contributed by atoms with Gasteiger partial charge in [-0.25, -0.2) is 0 Å². The Hall–Kier alpha value is -1.38. The third-order valence-electron chi connectivity index (χ3n) is 7.96. The molecule has 3 aliphatic rings. The van der Waals surface area contributed by atoms with Crippen LogP contribution in [0.25, 0.3) is 0 Å². The van der Waals surface area contributed by atoms with Crippen LogP contribution in [0.1, 0.15) is 58.4 Å². The van der Waals surface area contributed by atoms with Crippen molar-refractivity contribution < 1.29 is 23.2 Å². The standard InChI is InChI=1S/C24H39N3O4S/c1-9-14-19-18(16(10-2)31-8)21(29)27(19)15(13-28)20(14)32-17-12-25-24(6,23(17,4)5)22(30)26(7)11-3/h13-14,16-19,25H,9-12H2,1-8H3/t14-,16-,17-,18-,19-,24-/m1/s1/i10D2,16D. The maximum atomic E-state index is 13.2. The summed E-state index contributed by atoms with van der Waals surface area (Å²) in [6.45, 7) is 12.3. The quantitative estimate of drug-likeness (QED) is 0.414. The van der Waals surface area contributed by atoms with Crippen molar-refractivity contribution in [2.45, 2.75) is 77.2 Å². The van der Waals surface area contributed by atoms with Crippen LogP contribution in [0.5, 0.6) is 0 Å². The summed E-state index contributed by atoms with van der Waals surface area (Å²) >= 11 is 1.53. The van der Waals surface area contributed by atoms with E-state index in [-0.39, 0.29) is 17.1 Å². The molecule has 3 rings (SSSR count). The summed E-state index contributed by atoms with van der Waals surface area (Å²) in [6, 6.07) is -0.514. The minimum absolute atomic E-state index is 0.0134. The predicted octanol–water partition coefficient (Wildman–Crippen LogP) is 2.66. The van der Waals surface area contributed by atoms with Gasteiger partial charge < -0.3 is 19.9 Å². The Bertz CT molecular complexity index is 939. The Balaban J connectivity index is 1.96. The molecule has 1 N–H and O–H groups in total. The van der Waals surface area contributed by atoms with E-state index >= 15 is 0 Å². The molecule has 7 nitrogen and oxygen atoms in total. The molecule has 2 saturated heterocycles. The number of methoxy groups -OCH3 is 1. The molecule has 180 valence electrons. The van der Waals surface area contributed by atoms with Crippen molar-refractivity contribution in [2.24, 2.45) is 17.3 Å². The van der Waals surface area contributed by atoms with Crippen molar-refractivity contribution in [2.75, 3.05) is 27.2 Å². The molecule has 8 heteroatoms. The van der Waals surface area contributed by atoms with Gasteiger partial charge in [0, 0.05) is 51.5 Å². The minimum atomic E-state index is -2.09. The molecule has 0 bridgehead atoms. The highest BCUT2D eigenvalue weighted by atomic mass is 32.2. The first-order valence-corrected chi connectivity index (χ1v) is 12.2. The van der Waals surface area contributed by atoms with Crippen molar-refractivity contribution in [1.29, 1.82) is 0 Å². The molecule has 0 spiro atoms. The lowest BCUT2D eigenvalue weighted by Crippen LogP contribution is -2.64. The van der Waals surface area contributed by atoms with Crippen molar-refractivity contribution in [3.05, 3.63) is 10.6 Å². The first-order chi connectivity index (χ1) is 16.1. The Labute approximate surface area is 200 Å². The molecule has 0 aromatic carbocycles. The van der Waals surface area contributed by atoms with E-state index in [4.69, 9.17) is 8.85 Å². The van der Waals surface area contributed by atoms with Gasteiger partial charge in [-0.1, -0.05) is 27.7 Å². The highest BCUT2D eigenvalue weighted by molar-refractivity contribution is 8.03.